The molecule has 0 saturated carbocycles. The zero-order valence-electron chi connectivity index (χ0n) is 12.0. The monoisotopic (exact) mass is 287 g/mol. The number of aromatic nitrogens is 2. The molecule has 0 aliphatic carbocycles. The number of nitrogens with one attached hydrogen (secondary N) is 2. The van der Waals surface area contributed by atoms with Gasteiger partial charge >= 0.3 is 0 Å². The highest BCUT2D eigenvalue weighted by Gasteiger charge is 2.16. The molecule has 0 bridgehead atoms. The normalized spacial score (nSPS) is 12.5. The molecule has 1 amide bonds. The average Bonchev–Trinajstić information content (AvgIpc) is 3.10. The summed E-state index contributed by atoms with van der Waals surface area (Å²) in [5.41, 5.74) is 3.30. The maximum atomic E-state index is 12.2. The number of nitrogens with zero attached hydrogens (tertiary/aromatic N) is 1. The molecule has 1 aromatic carbocycles. The van der Waals surface area contributed by atoms with Crippen LogP contribution in [0.1, 0.15) is 34.2 Å². The fraction of sp³-hybridized carbons (Fsp3) is 0.333. The van der Waals surface area contributed by atoms with Gasteiger partial charge in [0.15, 0.2) is 17.2 Å². The lowest BCUT2D eigenvalue weighted by Crippen LogP contribution is -2.23. The van der Waals surface area contributed by atoms with Crippen molar-refractivity contribution in [3.63, 3.8) is 0 Å². The Hall–Kier alpha value is -2.50. The molecular weight excluding hydrogens is 270 g/mol. The lowest BCUT2D eigenvalue weighted by atomic mass is 10.1. The highest BCUT2D eigenvalue weighted by Crippen LogP contribution is 2.32. The third-order valence-electron chi connectivity index (χ3n) is 3.57. The number of benzene rings is 1. The Morgan fingerprint density at radius 2 is 2.19 bits per heavy atom. The van der Waals surface area contributed by atoms with Gasteiger partial charge in [-0.05, 0) is 31.0 Å². The van der Waals surface area contributed by atoms with Crippen molar-refractivity contribution in [3.8, 4) is 11.5 Å². The summed E-state index contributed by atoms with van der Waals surface area (Å²) in [6, 6.07) is 5.62. The summed E-state index contributed by atoms with van der Waals surface area (Å²) in [6.45, 7) is 4.59. The number of H-pyrrole nitrogens is 1. The van der Waals surface area contributed by atoms with Crippen molar-refractivity contribution in [2.75, 3.05) is 6.79 Å². The molecule has 1 aromatic heterocycles. The predicted molar refractivity (Wildman–Crippen MR) is 76.4 cm³/mol. The third-order valence-corrected chi connectivity index (χ3v) is 3.57. The number of rotatable bonds is 4. The van der Waals surface area contributed by atoms with Crippen molar-refractivity contribution in [1.82, 2.24) is 15.5 Å². The molecule has 3 rings (SSSR count). The second kappa shape index (κ2) is 5.47. The minimum Gasteiger partial charge on any atom is -0.454 e. The predicted octanol–water partition coefficient (Wildman–Crippen LogP) is 1.94. The molecule has 6 heteroatoms. The van der Waals surface area contributed by atoms with Gasteiger partial charge in [-0.1, -0.05) is 13.0 Å². The topological polar surface area (TPSA) is 76.2 Å². The number of ether oxygens (including phenoxy) is 2. The number of fused-ring (bicyclic) bond motifs is 1. The van der Waals surface area contributed by atoms with E-state index in [1.807, 2.05) is 32.0 Å². The molecule has 6 nitrogen and oxygen atoms in total. The smallest absolute Gasteiger partial charge is 0.272 e. The van der Waals surface area contributed by atoms with Crippen LogP contribution in [0.3, 0.4) is 0 Å². The van der Waals surface area contributed by atoms with Gasteiger partial charge in [0.25, 0.3) is 5.91 Å². The van der Waals surface area contributed by atoms with E-state index in [4.69, 9.17) is 9.47 Å². The first-order chi connectivity index (χ1) is 10.2. The standard InChI is InChI=1S/C15H17N3O3/c1-3-11-9(2)14(18-17-11)15(19)16-7-10-4-5-12-13(6-10)21-8-20-12/h4-6H,3,7-8H2,1-2H3,(H,16,19)(H,17,18). The maximum Gasteiger partial charge on any atom is 0.272 e. The van der Waals surface area contributed by atoms with Gasteiger partial charge in [0.1, 0.15) is 0 Å². The van der Waals surface area contributed by atoms with Gasteiger partial charge in [-0.2, -0.15) is 5.10 Å². The van der Waals surface area contributed by atoms with Gasteiger partial charge in [-0.25, -0.2) is 0 Å². The van der Waals surface area contributed by atoms with Crippen molar-refractivity contribution in [3.05, 3.63) is 40.7 Å². The van der Waals surface area contributed by atoms with Crippen LogP contribution in [-0.4, -0.2) is 22.9 Å². The molecule has 1 aliphatic rings. The summed E-state index contributed by atoms with van der Waals surface area (Å²) in [5.74, 6) is 1.27. The van der Waals surface area contributed by atoms with Gasteiger partial charge in [0.2, 0.25) is 6.79 Å². The van der Waals surface area contributed by atoms with Crippen LogP contribution in [0.25, 0.3) is 0 Å². The molecule has 21 heavy (non-hydrogen) atoms. The van der Waals surface area contributed by atoms with Crippen molar-refractivity contribution in [2.45, 2.75) is 26.8 Å². The molecule has 0 fully saturated rings. The molecule has 0 radical (unpaired) electrons. The Labute approximate surface area is 122 Å². The van der Waals surface area contributed by atoms with E-state index in [1.54, 1.807) is 0 Å². The summed E-state index contributed by atoms with van der Waals surface area (Å²) < 4.78 is 10.6. The van der Waals surface area contributed by atoms with Gasteiger partial charge in [0, 0.05) is 17.8 Å². The van der Waals surface area contributed by atoms with Crippen LogP contribution in [0.4, 0.5) is 0 Å². The average molecular weight is 287 g/mol. The van der Waals surface area contributed by atoms with Crippen molar-refractivity contribution in [1.29, 1.82) is 0 Å². The number of hydrogen-bond donors (Lipinski definition) is 2. The van der Waals surface area contributed by atoms with Crippen LogP contribution in [0.15, 0.2) is 18.2 Å². The summed E-state index contributed by atoms with van der Waals surface area (Å²) in [6.07, 6.45) is 0.828. The van der Waals surface area contributed by atoms with E-state index in [9.17, 15) is 4.79 Å². The van der Waals surface area contributed by atoms with E-state index in [-0.39, 0.29) is 12.7 Å². The van der Waals surface area contributed by atoms with Crippen molar-refractivity contribution >= 4 is 5.91 Å². The van der Waals surface area contributed by atoms with Crippen LogP contribution in [0.5, 0.6) is 11.5 Å². The lowest BCUT2D eigenvalue weighted by Gasteiger charge is -2.05. The van der Waals surface area contributed by atoms with E-state index < -0.39 is 0 Å². The molecule has 0 unspecified atom stereocenters. The molecule has 0 saturated heterocycles. The Morgan fingerprint density at radius 1 is 1.38 bits per heavy atom. The number of hydrogen-bond acceptors (Lipinski definition) is 4. The minimum atomic E-state index is -0.180. The molecule has 2 N–H and O–H groups in total. The quantitative estimate of drug-likeness (QED) is 0.901. The Kier molecular flexibility index (Phi) is 3.51. The van der Waals surface area contributed by atoms with E-state index in [0.717, 1.165) is 29.0 Å². The Bertz CT molecular complexity index is 679. The first kappa shape index (κ1) is 13.5. The fourth-order valence-electron chi connectivity index (χ4n) is 2.32. The molecule has 0 spiro atoms. The molecule has 0 atom stereocenters. The van der Waals surface area contributed by atoms with E-state index in [1.165, 1.54) is 0 Å². The first-order valence-electron chi connectivity index (χ1n) is 6.89. The van der Waals surface area contributed by atoms with E-state index >= 15 is 0 Å². The van der Waals surface area contributed by atoms with Crippen LogP contribution >= 0.6 is 0 Å². The lowest BCUT2D eigenvalue weighted by molar-refractivity contribution is 0.0945. The SMILES string of the molecule is CCc1[nH]nc(C(=O)NCc2ccc3c(c2)OCO3)c1C. The van der Waals surface area contributed by atoms with Gasteiger partial charge in [0.05, 0.1) is 0 Å². The Morgan fingerprint density at radius 3 is 2.95 bits per heavy atom. The van der Waals surface area contributed by atoms with Crippen LogP contribution in [0, 0.1) is 6.92 Å². The number of aromatic amines is 1. The van der Waals surface area contributed by atoms with Gasteiger partial charge in [-0.15, -0.1) is 0 Å². The maximum absolute atomic E-state index is 12.2. The second-order valence-corrected chi connectivity index (χ2v) is 4.90. The summed E-state index contributed by atoms with van der Waals surface area (Å²) in [7, 11) is 0. The number of carbonyl (C=O) groups is 1. The second-order valence-electron chi connectivity index (χ2n) is 4.90. The number of carbonyl (C=O) groups excluding carboxylic acids is 1. The molecule has 2 heterocycles. The van der Waals surface area contributed by atoms with E-state index in [2.05, 4.69) is 15.5 Å². The summed E-state index contributed by atoms with van der Waals surface area (Å²) in [5, 5.41) is 9.83. The van der Waals surface area contributed by atoms with E-state index in [0.29, 0.717) is 18.0 Å². The Balaban J connectivity index is 1.67. The highest BCUT2D eigenvalue weighted by atomic mass is 16.7. The van der Waals surface area contributed by atoms with Gasteiger partial charge < -0.3 is 14.8 Å². The minimum absolute atomic E-state index is 0.180. The van der Waals surface area contributed by atoms with Crippen molar-refractivity contribution < 1.29 is 14.3 Å². The fourth-order valence-corrected chi connectivity index (χ4v) is 2.32. The molecular formula is C15H17N3O3. The van der Waals surface area contributed by atoms with Crippen LogP contribution < -0.4 is 14.8 Å². The zero-order chi connectivity index (χ0) is 14.8. The molecule has 1 aliphatic heterocycles. The van der Waals surface area contributed by atoms with Crippen molar-refractivity contribution in [2.24, 2.45) is 0 Å². The largest absolute Gasteiger partial charge is 0.454 e. The highest BCUT2D eigenvalue weighted by molar-refractivity contribution is 5.93. The van der Waals surface area contributed by atoms with Crippen LogP contribution in [0.2, 0.25) is 0 Å². The molecule has 110 valence electrons. The third kappa shape index (κ3) is 2.56. The van der Waals surface area contributed by atoms with Crippen LogP contribution in [-0.2, 0) is 13.0 Å². The zero-order valence-corrected chi connectivity index (χ0v) is 12.0. The first-order valence-corrected chi connectivity index (χ1v) is 6.89. The summed E-state index contributed by atoms with van der Waals surface area (Å²) >= 11 is 0. The number of amides is 1. The summed E-state index contributed by atoms with van der Waals surface area (Å²) in [4.78, 5) is 12.2. The molecule has 2 aromatic rings. The van der Waals surface area contributed by atoms with Gasteiger partial charge in [-0.3, -0.25) is 9.89 Å². The number of aryl methyl sites for hydroxylation is 1.